The van der Waals surface area contributed by atoms with Crippen LogP contribution in [0.5, 0.6) is 11.5 Å². The molecule has 4 N–H and O–H groups in total. The first-order chi connectivity index (χ1) is 11.7. The number of rotatable bonds is 2. The first-order valence-electron chi connectivity index (χ1n) is 8.35. The van der Waals surface area contributed by atoms with Crippen molar-refractivity contribution in [2.24, 2.45) is 11.8 Å². The van der Waals surface area contributed by atoms with Crippen LogP contribution in [0.15, 0.2) is 60.7 Å². The van der Waals surface area contributed by atoms with Crippen LogP contribution in [0.2, 0.25) is 0 Å². The van der Waals surface area contributed by atoms with Gasteiger partial charge in [0, 0.05) is 13.2 Å². The third-order valence-electron chi connectivity index (χ3n) is 3.92. The van der Waals surface area contributed by atoms with E-state index in [9.17, 15) is 0 Å². The molecule has 0 heterocycles. The molecular formula is C20H28O4. The molecule has 0 bridgehead atoms. The van der Waals surface area contributed by atoms with E-state index in [0.717, 1.165) is 19.3 Å². The standard InChI is InChI=1S/C8H16O2.2C6H6O/c9-5-7-2-1-3-8(4-7)6-10;2*7-6-4-2-1-3-5-6/h7-10H,1-6H2;2*1-5,7H. The molecule has 4 heteroatoms. The van der Waals surface area contributed by atoms with Crippen molar-refractivity contribution in [3.63, 3.8) is 0 Å². The van der Waals surface area contributed by atoms with Gasteiger partial charge in [0.25, 0.3) is 0 Å². The van der Waals surface area contributed by atoms with Gasteiger partial charge in [-0.25, -0.2) is 0 Å². The molecule has 1 aliphatic carbocycles. The van der Waals surface area contributed by atoms with Crippen molar-refractivity contribution in [3.05, 3.63) is 60.7 Å². The van der Waals surface area contributed by atoms with Crippen LogP contribution in [-0.2, 0) is 0 Å². The summed E-state index contributed by atoms with van der Waals surface area (Å²) in [6.07, 6.45) is 4.49. The highest BCUT2D eigenvalue weighted by Gasteiger charge is 2.20. The zero-order valence-corrected chi connectivity index (χ0v) is 14.0. The molecule has 4 nitrogen and oxygen atoms in total. The lowest BCUT2D eigenvalue weighted by atomic mass is 9.82. The number of phenolic OH excluding ortho intramolecular Hbond substituents is 2. The van der Waals surface area contributed by atoms with Gasteiger partial charge in [-0.15, -0.1) is 0 Å². The molecule has 1 fully saturated rings. The molecule has 0 radical (unpaired) electrons. The molecule has 2 unspecified atom stereocenters. The summed E-state index contributed by atoms with van der Waals surface area (Å²) in [4.78, 5) is 0. The van der Waals surface area contributed by atoms with Gasteiger partial charge in [-0.3, -0.25) is 0 Å². The van der Waals surface area contributed by atoms with E-state index in [1.807, 2.05) is 12.1 Å². The van der Waals surface area contributed by atoms with Crippen molar-refractivity contribution in [1.29, 1.82) is 0 Å². The summed E-state index contributed by atoms with van der Waals surface area (Å²) >= 11 is 0. The number of aliphatic hydroxyl groups is 2. The summed E-state index contributed by atoms with van der Waals surface area (Å²) in [7, 11) is 0. The second-order valence-corrected chi connectivity index (χ2v) is 5.93. The topological polar surface area (TPSA) is 80.9 Å². The van der Waals surface area contributed by atoms with Gasteiger partial charge in [0.15, 0.2) is 0 Å². The van der Waals surface area contributed by atoms with E-state index in [1.54, 1.807) is 48.5 Å². The molecule has 24 heavy (non-hydrogen) atoms. The molecule has 0 amide bonds. The predicted molar refractivity (Wildman–Crippen MR) is 95.8 cm³/mol. The molecule has 0 aliphatic heterocycles. The highest BCUT2D eigenvalue weighted by molar-refractivity contribution is 5.19. The van der Waals surface area contributed by atoms with Gasteiger partial charge in [0.2, 0.25) is 0 Å². The van der Waals surface area contributed by atoms with Gasteiger partial charge in [0.1, 0.15) is 11.5 Å². The first kappa shape index (κ1) is 20.0. The minimum Gasteiger partial charge on any atom is -0.508 e. The number of aliphatic hydroxyl groups excluding tert-OH is 2. The number of para-hydroxylation sites is 2. The Hall–Kier alpha value is -2.04. The van der Waals surface area contributed by atoms with Crippen molar-refractivity contribution in [1.82, 2.24) is 0 Å². The van der Waals surface area contributed by atoms with Crippen molar-refractivity contribution in [2.75, 3.05) is 13.2 Å². The Kier molecular flexibility index (Phi) is 10.3. The highest BCUT2D eigenvalue weighted by Crippen LogP contribution is 2.27. The Balaban J connectivity index is 0.000000185. The maximum absolute atomic E-state index is 8.82. The summed E-state index contributed by atoms with van der Waals surface area (Å²) in [6, 6.07) is 17.4. The molecule has 132 valence electrons. The number of hydrogen-bond donors (Lipinski definition) is 4. The maximum atomic E-state index is 8.82. The summed E-state index contributed by atoms with van der Waals surface area (Å²) in [6.45, 7) is 0.604. The van der Waals surface area contributed by atoms with E-state index in [0.29, 0.717) is 36.5 Å². The molecule has 2 aromatic carbocycles. The third kappa shape index (κ3) is 9.18. The average molecular weight is 332 g/mol. The zero-order valence-electron chi connectivity index (χ0n) is 14.0. The molecule has 2 aromatic rings. The van der Waals surface area contributed by atoms with Gasteiger partial charge in [-0.05, 0) is 55.4 Å². The number of aromatic hydroxyl groups is 2. The second kappa shape index (κ2) is 12.4. The van der Waals surface area contributed by atoms with Crippen molar-refractivity contribution >= 4 is 0 Å². The van der Waals surface area contributed by atoms with Gasteiger partial charge in [-0.2, -0.15) is 0 Å². The van der Waals surface area contributed by atoms with Gasteiger partial charge in [-0.1, -0.05) is 42.8 Å². The fourth-order valence-corrected chi connectivity index (χ4v) is 2.59. The lowest BCUT2D eigenvalue weighted by molar-refractivity contribution is 0.121. The van der Waals surface area contributed by atoms with Crippen LogP contribution in [0.4, 0.5) is 0 Å². The number of hydrogen-bond acceptors (Lipinski definition) is 4. The maximum Gasteiger partial charge on any atom is 0.115 e. The molecule has 0 aromatic heterocycles. The van der Waals surface area contributed by atoms with E-state index in [-0.39, 0.29) is 0 Å². The fourth-order valence-electron chi connectivity index (χ4n) is 2.59. The Morgan fingerprint density at radius 1 is 0.667 bits per heavy atom. The number of phenols is 2. The van der Waals surface area contributed by atoms with Gasteiger partial charge >= 0.3 is 0 Å². The number of benzene rings is 2. The van der Waals surface area contributed by atoms with E-state index in [1.165, 1.54) is 6.42 Å². The Bertz CT molecular complexity index is 468. The van der Waals surface area contributed by atoms with Crippen LogP contribution in [0, 0.1) is 11.8 Å². The minimum atomic E-state index is 0.302. The summed E-state index contributed by atoms with van der Waals surface area (Å²) in [5.41, 5.74) is 0. The minimum absolute atomic E-state index is 0.302. The Labute approximate surface area is 144 Å². The quantitative estimate of drug-likeness (QED) is 0.678. The van der Waals surface area contributed by atoms with E-state index >= 15 is 0 Å². The third-order valence-corrected chi connectivity index (χ3v) is 3.92. The smallest absolute Gasteiger partial charge is 0.115 e. The van der Waals surface area contributed by atoms with Crippen LogP contribution >= 0.6 is 0 Å². The fraction of sp³-hybridized carbons (Fsp3) is 0.400. The van der Waals surface area contributed by atoms with E-state index in [2.05, 4.69) is 0 Å². The molecule has 0 saturated heterocycles. The zero-order chi connectivity index (χ0) is 17.6. The second-order valence-electron chi connectivity index (χ2n) is 5.93. The van der Waals surface area contributed by atoms with Crippen LogP contribution in [0.1, 0.15) is 25.7 Å². The largest absolute Gasteiger partial charge is 0.508 e. The lowest BCUT2D eigenvalue weighted by Crippen LogP contribution is -2.20. The monoisotopic (exact) mass is 332 g/mol. The highest BCUT2D eigenvalue weighted by atomic mass is 16.3. The normalized spacial score (nSPS) is 19.2. The first-order valence-corrected chi connectivity index (χ1v) is 8.35. The molecule has 2 atom stereocenters. The van der Waals surface area contributed by atoms with Crippen LogP contribution in [0.3, 0.4) is 0 Å². The van der Waals surface area contributed by atoms with Crippen LogP contribution in [0.25, 0.3) is 0 Å². The van der Waals surface area contributed by atoms with Crippen molar-refractivity contribution in [3.8, 4) is 11.5 Å². The lowest BCUT2D eigenvalue weighted by Gasteiger charge is -2.26. The van der Waals surface area contributed by atoms with Crippen LogP contribution < -0.4 is 0 Å². The van der Waals surface area contributed by atoms with Crippen molar-refractivity contribution in [2.45, 2.75) is 25.7 Å². The summed E-state index contributed by atoms with van der Waals surface area (Å²) < 4.78 is 0. The predicted octanol–water partition coefficient (Wildman–Crippen LogP) is 3.56. The Morgan fingerprint density at radius 3 is 1.29 bits per heavy atom. The SMILES string of the molecule is OCC1CCCC(CO)C1.Oc1ccccc1.Oc1ccccc1. The molecular weight excluding hydrogens is 304 g/mol. The van der Waals surface area contributed by atoms with E-state index in [4.69, 9.17) is 20.4 Å². The summed E-state index contributed by atoms with van der Waals surface area (Å²) in [5.74, 6) is 1.57. The van der Waals surface area contributed by atoms with Crippen molar-refractivity contribution < 1.29 is 20.4 Å². The summed E-state index contributed by atoms with van der Waals surface area (Å²) in [5, 5.41) is 34.9. The molecule has 1 aliphatic rings. The molecule has 0 spiro atoms. The van der Waals surface area contributed by atoms with Gasteiger partial charge < -0.3 is 20.4 Å². The Morgan fingerprint density at radius 2 is 1.04 bits per heavy atom. The average Bonchev–Trinajstić information content (AvgIpc) is 2.64. The molecule has 1 saturated carbocycles. The van der Waals surface area contributed by atoms with Crippen LogP contribution in [-0.4, -0.2) is 33.6 Å². The van der Waals surface area contributed by atoms with Gasteiger partial charge in [0.05, 0.1) is 0 Å². The van der Waals surface area contributed by atoms with E-state index < -0.39 is 0 Å². The molecule has 3 rings (SSSR count).